The molecule has 1 atom stereocenters. The largest absolute Gasteiger partial charge is 0.275 e. The number of hydrogen-bond donors (Lipinski definition) is 1. The SMILES string of the molecule is CC(=O)NS(=O)CCC(F)F. The van der Waals surface area contributed by atoms with Crippen LogP contribution in [0.4, 0.5) is 8.78 Å². The highest BCUT2D eigenvalue weighted by molar-refractivity contribution is 7.83. The number of nitrogens with one attached hydrogen (secondary N) is 1. The lowest BCUT2D eigenvalue weighted by Crippen LogP contribution is -2.25. The van der Waals surface area contributed by atoms with Gasteiger partial charge in [-0.05, 0) is 0 Å². The van der Waals surface area contributed by atoms with Crippen LogP contribution in [0, 0.1) is 0 Å². The first-order chi connectivity index (χ1) is 5.02. The van der Waals surface area contributed by atoms with Crippen LogP contribution in [0.15, 0.2) is 0 Å². The van der Waals surface area contributed by atoms with Crippen LogP contribution in [0.2, 0.25) is 0 Å². The number of rotatable bonds is 4. The lowest BCUT2D eigenvalue weighted by Gasteiger charge is -2.00. The Morgan fingerprint density at radius 2 is 2.18 bits per heavy atom. The molecule has 0 spiro atoms. The van der Waals surface area contributed by atoms with E-state index in [-0.39, 0.29) is 5.75 Å². The number of halogens is 2. The molecule has 0 fully saturated rings. The maximum atomic E-state index is 11.5. The van der Waals surface area contributed by atoms with Gasteiger partial charge in [0.1, 0.15) is 11.0 Å². The number of alkyl halides is 2. The predicted octanol–water partition coefficient (Wildman–Crippen LogP) is 0.441. The van der Waals surface area contributed by atoms with Crippen molar-refractivity contribution in [3.8, 4) is 0 Å². The monoisotopic (exact) mass is 185 g/mol. The Balaban J connectivity index is 3.46. The quantitative estimate of drug-likeness (QED) is 0.690. The summed E-state index contributed by atoms with van der Waals surface area (Å²) in [5.74, 6) is -0.672. The van der Waals surface area contributed by atoms with E-state index in [1.165, 1.54) is 6.92 Å². The molecule has 0 aliphatic carbocycles. The van der Waals surface area contributed by atoms with Gasteiger partial charge in [0, 0.05) is 19.1 Å². The van der Waals surface area contributed by atoms with Crippen LogP contribution in [0.3, 0.4) is 0 Å². The van der Waals surface area contributed by atoms with Crippen LogP contribution in [0.5, 0.6) is 0 Å². The van der Waals surface area contributed by atoms with E-state index in [9.17, 15) is 17.8 Å². The number of hydrogen-bond acceptors (Lipinski definition) is 2. The van der Waals surface area contributed by atoms with Gasteiger partial charge in [-0.15, -0.1) is 0 Å². The lowest BCUT2D eigenvalue weighted by molar-refractivity contribution is -0.117. The topological polar surface area (TPSA) is 46.2 Å². The van der Waals surface area contributed by atoms with E-state index in [1.54, 1.807) is 0 Å². The van der Waals surface area contributed by atoms with Crippen LogP contribution in [-0.4, -0.2) is 22.3 Å². The summed E-state index contributed by atoms with van der Waals surface area (Å²) in [5.41, 5.74) is 0. The van der Waals surface area contributed by atoms with Crippen molar-refractivity contribution in [3.05, 3.63) is 0 Å². The molecule has 0 aliphatic heterocycles. The fourth-order valence-electron chi connectivity index (χ4n) is 0.407. The van der Waals surface area contributed by atoms with Crippen molar-refractivity contribution in [2.45, 2.75) is 19.8 Å². The Kier molecular flexibility index (Phi) is 4.93. The van der Waals surface area contributed by atoms with Crippen molar-refractivity contribution in [2.24, 2.45) is 0 Å². The molecular formula is C5H9F2NO2S. The van der Waals surface area contributed by atoms with Gasteiger partial charge in [0.25, 0.3) is 0 Å². The highest BCUT2D eigenvalue weighted by atomic mass is 32.2. The summed E-state index contributed by atoms with van der Waals surface area (Å²) in [7, 11) is -1.65. The summed E-state index contributed by atoms with van der Waals surface area (Å²) in [6, 6.07) is 0. The van der Waals surface area contributed by atoms with Gasteiger partial charge in [-0.3, -0.25) is 9.52 Å². The van der Waals surface area contributed by atoms with Crippen LogP contribution in [0.1, 0.15) is 13.3 Å². The Morgan fingerprint density at radius 1 is 1.64 bits per heavy atom. The molecule has 0 aromatic heterocycles. The third-order valence-electron chi connectivity index (χ3n) is 0.779. The molecule has 1 amide bonds. The first-order valence-corrected chi connectivity index (χ1v) is 4.28. The fourth-order valence-corrected chi connectivity index (χ4v) is 1.22. The molecule has 66 valence electrons. The first kappa shape index (κ1) is 10.5. The molecule has 6 heteroatoms. The van der Waals surface area contributed by atoms with E-state index in [0.717, 1.165) is 0 Å². The standard InChI is InChI=1S/C5H9F2NO2S/c1-4(9)8-11(10)3-2-5(6)7/h5H,2-3H2,1H3,(H,8,9). The summed E-state index contributed by atoms with van der Waals surface area (Å²) in [6.07, 6.45) is -2.92. The van der Waals surface area contributed by atoms with Crippen LogP contribution in [-0.2, 0) is 15.8 Å². The second-order valence-corrected chi connectivity index (χ2v) is 3.19. The molecule has 3 nitrogen and oxygen atoms in total. The zero-order chi connectivity index (χ0) is 8.85. The Hall–Kier alpha value is -0.520. The van der Waals surface area contributed by atoms with Crippen LogP contribution >= 0.6 is 0 Å². The van der Waals surface area contributed by atoms with E-state index in [2.05, 4.69) is 0 Å². The van der Waals surface area contributed by atoms with E-state index in [1.807, 2.05) is 4.72 Å². The zero-order valence-electron chi connectivity index (χ0n) is 5.97. The third-order valence-corrected chi connectivity index (χ3v) is 1.90. The van der Waals surface area contributed by atoms with Gasteiger partial charge < -0.3 is 0 Å². The average molecular weight is 185 g/mol. The maximum Gasteiger partial charge on any atom is 0.239 e. The van der Waals surface area contributed by atoms with E-state index < -0.39 is 29.7 Å². The van der Waals surface area contributed by atoms with Crippen molar-refractivity contribution in [3.63, 3.8) is 0 Å². The molecule has 0 rings (SSSR count). The van der Waals surface area contributed by atoms with Crippen LogP contribution in [0.25, 0.3) is 0 Å². The minimum Gasteiger partial charge on any atom is -0.275 e. The normalized spacial score (nSPS) is 13.1. The highest BCUT2D eigenvalue weighted by Crippen LogP contribution is 1.98. The maximum absolute atomic E-state index is 11.5. The van der Waals surface area contributed by atoms with Gasteiger partial charge in [-0.25, -0.2) is 13.0 Å². The van der Waals surface area contributed by atoms with Crippen molar-refractivity contribution in [1.82, 2.24) is 4.72 Å². The van der Waals surface area contributed by atoms with Crippen molar-refractivity contribution in [2.75, 3.05) is 5.75 Å². The smallest absolute Gasteiger partial charge is 0.239 e. The Morgan fingerprint density at radius 3 is 2.55 bits per heavy atom. The second-order valence-electron chi connectivity index (χ2n) is 1.89. The van der Waals surface area contributed by atoms with Crippen LogP contribution < -0.4 is 4.72 Å². The van der Waals surface area contributed by atoms with E-state index in [0.29, 0.717) is 0 Å². The Bertz CT molecular complexity index is 163. The molecule has 11 heavy (non-hydrogen) atoms. The minimum absolute atomic E-state index is 0.197. The number of carbonyl (C=O) groups excluding carboxylic acids is 1. The predicted molar refractivity (Wildman–Crippen MR) is 37.4 cm³/mol. The zero-order valence-corrected chi connectivity index (χ0v) is 6.79. The van der Waals surface area contributed by atoms with Crippen molar-refractivity contribution in [1.29, 1.82) is 0 Å². The second kappa shape index (κ2) is 5.17. The average Bonchev–Trinajstić information content (AvgIpc) is 1.82. The molecule has 0 saturated carbocycles. The Labute approximate surface area is 65.8 Å². The van der Waals surface area contributed by atoms with Gasteiger partial charge >= 0.3 is 0 Å². The lowest BCUT2D eigenvalue weighted by atomic mass is 10.5. The fraction of sp³-hybridized carbons (Fsp3) is 0.800. The van der Waals surface area contributed by atoms with Crippen molar-refractivity contribution < 1.29 is 17.8 Å². The third kappa shape index (κ3) is 7.38. The molecule has 0 heterocycles. The number of carbonyl (C=O) groups is 1. The highest BCUT2D eigenvalue weighted by Gasteiger charge is 2.06. The summed E-state index contributed by atoms with van der Waals surface area (Å²) >= 11 is 0. The van der Waals surface area contributed by atoms with E-state index in [4.69, 9.17) is 0 Å². The molecule has 0 aromatic carbocycles. The number of amides is 1. The first-order valence-electron chi connectivity index (χ1n) is 2.96. The summed E-state index contributed by atoms with van der Waals surface area (Å²) in [4.78, 5) is 10.2. The van der Waals surface area contributed by atoms with E-state index >= 15 is 0 Å². The molecule has 1 unspecified atom stereocenters. The van der Waals surface area contributed by atoms with Gasteiger partial charge in [-0.1, -0.05) is 0 Å². The van der Waals surface area contributed by atoms with Crippen molar-refractivity contribution >= 4 is 16.9 Å². The molecule has 1 N–H and O–H groups in total. The van der Waals surface area contributed by atoms with Gasteiger partial charge in [0.2, 0.25) is 12.3 Å². The molecule has 0 aromatic rings. The summed E-state index contributed by atoms with van der Waals surface area (Å²) in [6.45, 7) is 1.18. The molecule has 0 radical (unpaired) electrons. The summed E-state index contributed by atoms with van der Waals surface area (Å²) < 4.78 is 35.6. The molecular weight excluding hydrogens is 176 g/mol. The molecule has 0 saturated heterocycles. The van der Waals surface area contributed by atoms with Gasteiger partial charge in [-0.2, -0.15) is 0 Å². The molecule has 0 aliphatic rings. The molecule has 0 bridgehead atoms. The minimum atomic E-state index is -2.47. The van der Waals surface area contributed by atoms with Gasteiger partial charge in [0.05, 0.1) is 0 Å². The van der Waals surface area contributed by atoms with Gasteiger partial charge in [0.15, 0.2) is 0 Å². The summed E-state index contributed by atoms with van der Waals surface area (Å²) in [5, 5.41) is 0.